The summed E-state index contributed by atoms with van der Waals surface area (Å²) in [4.78, 5) is 20.0. The number of hydrogen-bond acceptors (Lipinski definition) is 11. The second kappa shape index (κ2) is 10.1. The number of nitrogens with zero attached hydrogens (tertiary/aromatic N) is 6. The van der Waals surface area contributed by atoms with Crippen molar-refractivity contribution in [3.63, 3.8) is 0 Å². The Kier molecular flexibility index (Phi) is 7.01. The lowest BCUT2D eigenvalue weighted by atomic mass is 10.1. The Morgan fingerprint density at radius 1 is 1.14 bits per heavy atom. The van der Waals surface area contributed by atoms with Gasteiger partial charge in [0, 0.05) is 68.0 Å². The number of aryl methyl sites for hydroxylation is 1. The van der Waals surface area contributed by atoms with Crippen LogP contribution in [0, 0.1) is 6.92 Å². The zero-order valence-electron chi connectivity index (χ0n) is 20.7. The summed E-state index contributed by atoms with van der Waals surface area (Å²) in [6.07, 6.45) is 3.00. The van der Waals surface area contributed by atoms with Gasteiger partial charge < -0.3 is 20.1 Å². The van der Waals surface area contributed by atoms with Gasteiger partial charge in [-0.05, 0) is 13.0 Å². The van der Waals surface area contributed by atoms with Gasteiger partial charge in [0.05, 0.1) is 48.2 Å². The first-order chi connectivity index (χ1) is 17.2. The molecule has 2 aliphatic rings. The van der Waals surface area contributed by atoms with Crippen LogP contribution >= 0.6 is 11.3 Å². The molecule has 36 heavy (non-hydrogen) atoms. The van der Waals surface area contributed by atoms with Crippen molar-refractivity contribution in [1.82, 2.24) is 24.2 Å². The lowest BCUT2D eigenvalue weighted by Crippen LogP contribution is -2.47. The number of rotatable bonds is 6. The van der Waals surface area contributed by atoms with Crippen LogP contribution in [0.4, 0.5) is 11.6 Å². The number of morpholine rings is 1. The van der Waals surface area contributed by atoms with Gasteiger partial charge in [-0.2, -0.15) is 4.31 Å². The first-order valence-corrected chi connectivity index (χ1v) is 14.5. The highest BCUT2D eigenvalue weighted by atomic mass is 32.2. The second-order valence-corrected chi connectivity index (χ2v) is 12.3. The number of fused-ring (bicyclic) bond motifs is 1. The monoisotopic (exact) mass is 533 g/mol. The Morgan fingerprint density at radius 3 is 2.50 bits per heavy atom. The summed E-state index contributed by atoms with van der Waals surface area (Å²) in [5, 5.41) is 0. The number of sulfonamides is 1. The van der Waals surface area contributed by atoms with Gasteiger partial charge >= 0.3 is 0 Å². The van der Waals surface area contributed by atoms with Crippen LogP contribution in [0.3, 0.4) is 0 Å². The van der Waals surface area contributed by atoms with E-state index in [0.29, 0.717) is 63.5 Å². The van der Waals surface area contributed by atoms with E-state index in [1.54, 1.807) is 28.9 Å². The molecule has 0 bridgehead atoms. The zero-order valence-corrected chi connectivity index (χ0v) is 22.4. The zero-order chi connectivity index (χ0) is 25.4. The van der Waals surface area contributed by atoms with Crippen molar-refractivity contribution in [3.05, 3.63) is 22.7 Å². The fourth-order valence-electron chi connectivity index (χ4n) is 4.62. The van der Waals surface area contributed by atoms with Crippen molar-refractivity contribution in [2.45, 2.75) is 13.5 Å². The van der Waals surface area contributed by atoms with Gasteiger partial charge in [0.15, 0.2) is 0 Å². The number of methoxy groups -OCH3 is 1. The van der Waals surface area contributed by atoms with Gasteiger partial charge in [-0.25, -0.2) is 23.4 Å². The normalized spacial score (nSPS) is 18.1. The molecule has 0 saturated carbocycles. The summed E-state index contributed by atoms with van der Waals surface area (Å²) in [5.41, 5.74) is 10.3. The summed E-state index contributed by atoms with van der Waals surface area (Å²) in [7, 11) is -1.63. The largest absolute Gasteiger partial charge is 0.480 e. The van der Waals surface area contributed by atoms with Crippen molar-refractivity contribution >= 4 is 43.2 Å². The van der Waals surface area contributed by atoms with E-state index in [1.807, 2.05) is 6.07 Å². The molecule has 13 heteroatoms. The maximum absolute atomic E-state index is 11.9. The molecule has 5 rings (SSSR count). The van der Waals surface area contributed by atoms with E-state index < -0.39 is 10.0 Å². The number of piperazine rings is 1. The molecule has 0 unspecified atom stereocenters. The van der Waals surface area contributed by atoms with Crippen LogP contribution in [0.25, 0.3) is 21.5 Å². The van der Waals surface area contributed by atoms with Crippen molar-refractivity contribution in [1.29, 1.82) is 0 Å². The Morgan fingerprint density at radius 2 is 1.86 bits per heavy atom. The molecule has 2 saturated heterocycles. The third-order valence-corrected chi connectivity index (χ3v) is 9.09. The van der Waals surface area contributed by atoms with Gasteiger partial charge in [0.25, 0.3) is 0 Å². The molecule has 0 aromatic carbocycles. The van der Waals surface area contributed by atoms with Crippen LogP contribution in [0.1, 0.15) is 10.4 Å². The third-order valence-electron chi connectivity index (χ3n) is 6.64. The number of nitrogen functional groups attached to an aromatic ring is 1. The molecule has 0 amide bonds. The van der Waals surface area contributed by atoms with Crippen molar-refractivity contribution in [3.8, 4) is 17.1 Å². The summed E-state index contributed by atoms with van der Waals surface area (Å²) >= 11 is 1.66. The van der Waals surface area contributed by atoms with Crippen LogP contribution in [-0.2, 0) is 21.3 Å². The maximum Gasteiger partial charge on any atom is 0.236 e. The van der Waals surface area contributed by atoms with E-state index >= 15 is 0 Å². The number of pyridine rings is 1. The minimum absolute atomic E-state index is 0.383. The smallest absolute Gasteiger partial charge is 0.236 e. The molecule has 11 nitrogen and oxygen atoms in total. The topological polar surface area (TPSA) is 127 Å². The molecule has 3 aromatic heterocycles. The second-order valence-electron chi connectivity index (χ2n) is 9.05. The summed E-state index contributed by atoms with van der Waals surface area (Å²) in [6.45, 7) is 7.86. The molecule has 0 atom stereocenters. The minimum Gasteiger partial charge on any atom is -0.480 e. The molecular formula is C23H31N7O4S2. The molecule has 2 N–H and O–H groups in total. The van der Waals surface area contributed by atoms with Crippen LogP contribution in [0.2, 0.25) is 0 Å². The Balaban J connectivity index is 1.55. The van der Waals surface area contributed by atoms with Gasteiger partial charge in [0.2, 0.25) is 21.9 Å². The Hall–Kier alpha value is -2.58. The molecule has 2 aliphatic heterocycles. The predicted molar refractivity (Wildman–Crippen MR) is 141 cm³/mol. The molecular weight excluding hydrogens is 502 g/mol. The first-order valence-electron chi connectivity index (χ1n) is 11.8. The third kappa shape index (κ3) is 4.98. The molecule has 5 heterocycles. The summed E-state index contributed by atoms with van der Waals surface area (Å²) < 4.78 is 37.1. The van der Waals surface area contributed by atoms with Crippen molar-refractivity contribution in [2.75, 3.05) is 76.5 Å². The average molecular weight is 534 g/mol. The summed E-state index contributed by atoms with van der Waals surface area (Å²) in [5.74, 6) is 1.05. The first kappa shape index (κ1) is 25.1. The maximum atomic E-state index is 11.9. The molecule has 194 valence electrons. The van der Waals surface area contributed by atoms with Crippen molar-refractivity contribution in [2.24, 2.45) is 0 Å². The van der Waals surface area contributed by atoms with Crippen molar-refractivity contribution < 1.29 is 17.9 Å². The Bertz CT molecular complexity index is 1360. The number of anilines is 2. The minimum atomic E-state index is -3.17. The van der Waals surface area contributed by atoms with E-state index in [1.165, 1.54) is 11.1 Å². The number of nitrogens with two attached hydrogens (primary N) is 1. The standard InChI is InChI=1S/C23H31N7O4S2/c1-15-17(14-28-4-6-30(7-5-28)36(3,31)32)20-21(35-15)19(16-12-18(24)22(33-2)25-13-16)26-23(27-20)29-8-10-34-11-9-29/h12-13H,4-11,14,24H2,1-3H3. The Labute approximate surface area is 214 Å². The number of aromatic nitrogens is 3. The average Bonchev–Trinajstić information content (AvgIpc) is 3.18. The van der Waals surface area contributed by atoms with E-state index in [-0.39, 0.29) is 0 Å². The highest BCUT2D eigenvalue weighted by molar-refractivity contribution is 7.88. The highest BCUT2D eigenvalue weighted by Gasteiger charge is 2.26. The van der Waals surface area contributed by atoms with E-state index in [0.717, 1.165) is 40.1 Å². The predicted octanol–water partition coefficient (Wildman–Crippen LogP) is 1.57. The van der Waals surface area contributed by atoms with Gasteiger partial charge in [-0.1, -0.05) is 0 Å². The lowest BCUT2D eigenvalue weighted by Gasteiger charge is -2.33. The molecule has 3 aromatic rings. The fraction of sp³-hybridized carbons (Fsp3) is 0.522. The quantitative estimate of drug-likeness (QED) is 0.499. The highest BCUT2D eigenvalue weighted by Crippen LogP contribution is 2.39. The van der Waals surface area contributed by atoms with Crippen LogP contribution in [-0.4, -0.2) is 98.4 Å². The SMILES string of the molecule is COc1ncc(-c2nc(N3CCOCC3)nc3c(CN4CCN(S(C)(=O)=O)CC4)c(C)sc23)cc1N. The molecule has 0 spiro atoms. The van der Waals surface area contributed by atoms with E-state index in [9.17, 15) is 8.42 Å². The fourth-order valence-corrected chi connectivity index (χ4v) is 6.56. The van der Waals surface area contributed by atoms with E-state index in [2.05, 4.69) is 21.7 Å². The van der Waals surface area contributed by atoms with E-state index in [4.69, 9.17) is 25.2 Å². The lowest BCUT2D eigenvalue weighted by molar-refractivity contribution is 0.122. The summed E-state index contributed by atoms with van der Waals surface area (Å²) in [6, 6.07) is 1.84. The van der Waals surface area contributed by atoms with Gasteiger partial charge in [-0.15, -0.1) is 11.3 Å². The van der Waals surface area contributed by atoms with Gasteiger partial charge in [0.1, 0.15) is 0 Å². The van der Waals surface area contributed by atoms with Crippen LogP contribution < -0.4 is 15.4 Å². The number of hydrogen-bond donors (Lipinski definition) is 1. The number of ether oxygens (including phenoxy) is 2. The number of thiophene rings is 1. The molecule has 0 radical (unpaired) electrons. The molecule has 0 aliphatic carbocycles. The van der Waals surface area contributed by atoms with Crippen LogP contribution in [0.15, 0.2) is 12.3 Å². The van der Waals surface area contributed by atoms with Crippen LogP contribution in [0.5, 0.6) is 5.88 Å². The molecule has 2 fully saturated rings. The van der Waals surface area contributed by atoms with Gasteiger partial charge in [-0.3, -0.25) is 4.90 Å².